The van der Waals surface area contributed by atoms with Crippen molar-refractivity contribution >= 4 is 0 Å². The highest BCUT2D eigenvalue weighted by atomic mass is 16.5. The number of ether oxygens (including phenoxy) is 1. The molecule has 0 aromatic heterocycles. The van der Waals surface area contributed by atoms with Gasteiger partial charge in [0.15, 0.2) is 0 Å². The van der Waals surface area contributed by atoms with Gasteiger partial charge in [-0.3, -0.25) is 5.43 Å². The number of rotatable bonds is 1. The van der Waals surface area contributed by atoms with Gasteiger partial charge in [-0.15, -0.1) is 0 Å². The van der Waals surface area contributed by atoms with E-state index in [4.69, 9.17) is 4.74 Å². The van der Waals surface area contributed by atoms with Gasteiger partial charge in [-0.05, 0) is 0 Å². The maximum atomic E-state index is 4.84. The van der Waals surface area contributed by atoms with Crippen LogP contribution in [0.3, 0.4) is 0 Å². The van der Waals surface area contributed by atoms with E-state index in [0.717, 1.165) is 5.76 Å². The van der Waals surface area contributed by atoms with Gasteiger partial charge in [0, 0.05) is 6.08 Å². The van der Waals surface area contributed by atoms with Crippen LogP contribution in [-0.4, -0.2) is 7.11 Å². The van der Waals surface area contributed by atoms with Gasteiger partial charge in [-0.25, -0.2) is 0 Å². The molecule has 0 bridgehead atoms. The molecule has 1 aliphatic rings. The van der Waals surface area contributed by atoms with Crippen LogP contribution in [0.5, 0.6) is 0 Å². The zero-order valence-electron chi connectivity index (χ0n) is 4.59. The number of methoxy groups -OCH3 is 1. The van der Waals surface area contributed by atoms with E-state index in [9.17, 15) is 0 Å². The van der Waals surface area contributed by atoms with Crippen LogP contribution >= 0.6 is 0 Å². The predicted octanol–water partition coefficient (Wildman–Crippen LogP) is 0.111. The van der Waals surface area contributed by atoms with Gasteiger partial charge in [0.2, 0.25) is 0 Å². The molecule has 0 saturated carbocycles. The summed E-state index contributed by atoms with van der Waals surface area (Å²) in [6, 6.07) is 0. The van der Waals surface area contributed by atoms with E-state index < -0.39 is 0 Å². The van der Waals surface area contributed by atoms with Crippen molar-refractivity contribution in [3.63, 3.8) is 0 Å². The van der Waals surface area contributed by atoms with Gasteiger partial charge in [0.05, 0.1) is 19.5 Å². The van der Waals surface area contributed by atoms with E-state index in [2.05, 4.69) is 10.9 Å². The summed E-state index contributed by atoms with van der Waals surface area (Å²) < 4.78 is 4.84. The van der Waals surface area contributed by atoms with Crippen molar-refractivity contribution < 1.29 is 4.74 Å². The van der Waals surface area contributed by atoms with Gasteiger partial charge in [-0.1, -0.05) is 0 Å². The van der Waals surface area contributed by atoms with Crippen LogP contribution in [-0.2, 0) is 4.74 Å². The highest BCUT2D eigenvalue weighted by molar-refractivity contribution is 5.12. The predicted molar refractivity (Wildman–Crippen MR) is 29.5 cm³/mol. The summed E-state index contributed by atoms with van der Waals surface area (Å²) in [5.41, 5.74) is 6.33. The lowest BCUT2D eigenvalue weighted by molar-refractivity contribution is 0.300. The molecule has 1 rings (SSSR count). The molecule has 0 aliphatic carbocycles. The van der Waals surface area contributed by atoms with Crippen LogP contribution in [0, 0.1) is 0 Å². The molecule has 0 saturated heterocycles. The third kappa shape index (κ3) is 0.932. The highest BCUT2D eigenvalue weighted by Gasteiger charge is 1.91. The topological polar surface area (TPSA) is 35.4 Å². The van der Waals surface area contributed by atoms with Crippen LogP contribution in [0.2, 0.25) is 0 Å². The number of nitrogens with zero attached hydrogens (tertiary/aromatic N) is 1. The van der Waals surface area contributed by atoms with Crippen LogP contribution in [0.4, 0.5) is 0 Å². The van der Waals surface area contributed by atoms with E-state index in [1.165, 1.54) is 0 Å². The standard InChI is InChI=1S/C5H7N2O/c1-8-5-2-3-6-7-4-5/h2-4,7H,1H3. The monoisotopic (exact) mass is 111 g/mol. The first-order chi connectivity index (χ1) is 3.93. The third-order valence-corrected chi connectivity index (χ3v) is 0.830. The maximum Gasteiger partial charge on any atom is 0.138 e. The minimum Gasteiger partial charge on any atom is -0.495 e. The molecule has 0 fully saturated rings. The van der Waals surface area contributed by atoms with Gasteiger partial charge < -0.3 is 4.74 Å². The van der Waals surface area contributed by atoms with Crippen molar-refractivity contribution in [1.29, 1.82) is 0 Å². The zero-order valence-corrected chi connectivity index (χ0v) is 4.59. The Morgan fingerprint density at radius 1 is 1.75 bits per heavy atom. The highest BCUT2D eigenvalue weighted by Crippen LogP contribution is 1.96. The summed E-state index contributed by atoms with van der Waals surface area (Å²) in [6.07, 6.45) is 5.09. The number of hydrogen-bond acceptors (Lipinski definition) is 2. The minimum atomic E-state index is 0.792. The van der Waals surface area contributed by atoms with Crippen molar-refractivity contribution in [2.75, 3.05) is 7.11 Å². The fourth-order valence-electron chi connectivity index (χ4n) is 0.430. The lowest BCUT2D eigenvalue weighted by Gasteiger charge is -2.04. The van der Waals surface area contributed by atoms with E-state index in [-0.39, 0.29) is 0 Å². The van der Waals surface area contributed by atoms with Crippen LogP contribution < -0.4 is 10.9 Å². The lowest BCUT2D eigenvalue weighted by atomic mass is 10.5. The Labute approximate surface area is 48.0 Å². The molecule has 8 heavy (non-hydrogen) atoms. The molecule has 3 heteroatoms. The van der Waals surface area contributed by atoms with Gasteiger partial charge >= 0.3 is 0 Å². The van der Waals surface area contributed by atoms with Gasteiger partial charge in [0.1, 0.15) is 5.76 Å². The molecule has 1 aliphatic heterocycles. The van der Waals surface area contributed by atoms with Crippen molar-refractivity contribution in [2.45, 2.75) is 0 Å². The molecule has 0 amide bonds. The summed E-state index contributed by atoms with van der Waals surface area (Å²) in [6.45, 7) is 0. The van der Waals surface area contributed by atoms with E-state index in [1.807, 2.05) is 0 Å². The Morgan fingerprint density at radius 3 is 3.00 bits per heavy atom. The van der Waals surface area contributed by atoms with Crippen molar-refractivity contribution in [3.05, 3.63) is 24.2 Å². The van der Waals surface area contributed by atoms with E-state index in [1.54, 1.807) is 25.6 Å². The average molecular weight is 111 g/mol. The Bertz CT molecular complexity index is 128. The molecule has 1 N–H and O–H groups in total. The molecule has 0 atom stereocenters. The first-order valence-electron chi connectivity index (χ1n) is 2.29. The molecule has 3 nitrogen and oxygen atoms in total. The molecular formula is C5H7N2O. The van der Waals surface area contributed by atoms with Gasteiger partial charge in [0.25, 0.3) is 0 Å². The Balaban J connectivity index is 2.51. The quantitative estimate of drug-likeness (QED) is 0.521. The average Bonchev–Trinajstić information content (AvgIpc) is 1.90. The van der Waals surface area contributed by atoms with Crippen LogP contribution in [0.25, 0.3) is 0 Å². The van der Waals surface area contributed by atoms with Crippen LogP contribution in [0.1, 0.15) is 0 Å². The summed E-state index contributed by atoms with van der Waals surface area (Å²) in [4.78, 5) is 0. The number of nitrogens with one attached hydrogen (secondary N) is 1. The molecule has 1 heterocycles. The summed E-state index contributed by atoms with van der Waals surface area (Å²) in [5.74, 6) is 0.792. The van der Waals surface area contributed by atoms with Crippen molar-refractivity contribution in [1.82, 2.24) is 10.9 Å². The summed E-state index contributed by atoms with van der Waals surface area (Å²) in [5, 5.41) is 0. The van der Waals surface area contributed by atoms with Gasteiger partial charge in [-0.2, -0.15) is 5.43 Å². The molecule has 0 aromatic rings. The Hall–Kier alpha value is -1.12. The van der Waals surface area contributed by atoms with Crippen LogP contribution in [0.15, 0.2) is 24.2 Å². The molecule has 0 aromatic carbocycles. The smallest absolute Gasteiger partial charge is 0.138 e. The number of allylic oxidation sites excluding steroid dienone is 1. The molecular weight excluding hydrogens is 104 g/mol. The van der Waals surface area contributed by atoms with Crippen molar-refractivity contribution in [3.8, 4) is 0 Å². The molecule has 43 valence electrons. The molecule has 0 unspecified atom stereocenters. The van der Waals surface area contributed by atoms with E-state index >= 15 is 0 Å². The summed E-state index contributed by atoms with van der Waals surface area (Å²) in [7, 11) is 1.61. The third-order valence-electron chi connectivity index (χ3n) is 0.830. The maximum absolute atomic E-state index is 4.84. The van der Waals surface area contributed by atoms with Crippen molar-refractivity contribution in [2.24, 2.45) is 0 Å². The largest absolute Gasteiger partial charge is 0.495 e. The van der Waals surface area contributed by atoms with E-state index in [0.29, 0.717) is 0 Å². The first kappa shape index (κ1) is 5.03. The zero-order chi connectivity index (χ0) is 5.82. The fourth-order valence-corrected chi connectivity index (χ4v) is 0.430. The minimum absolute atomic E-state index is 0.792. The fraction of sp³-hybridized carbons (Fsp3) is 0.200. The normalized spacial score (nSPS) is 15.9. The second-order valence-electron chi connectivity index (χ2n) is 1.32. The Morgan fingerprint density at radius 2 is 2.62 bits per heavy atom. The second kappa shape index (κ2) is 2.26. The molecule has 0 spiro atoms. The summed E-state index contributed by atoms with van der Waals surface area (Å²) >= 11 is 0. The molecule has 1 radical (unpaired) electrons. The SMILES string of the molecule is COC1=CN[N]C=C1. The first-order valence-corrected chi connectivity index (χ1v) is 2.29. The lowest BCUT2D eigenvalue weighted by Crippen LogP contribution is -2.16. The second-order valence-corrected chi connectivity index (χ2v) is 1.32. The number of hydrogen-bond donors (Lipinski definition) is 1. The Kier molecular flexibility index (Phi) is 1.42.